The van der Waals surface area contributed by atoms with E-state index in [0.717, 1.165) is 12.8 Å². The molecule has 0 saturated heterocycles. The molecule has 0 radical (unpaired) electrons. The first kappa shape index (κ1) is 9.98. The van der Waals surface area contributed by atoms with Gasteiger partial charge in [0, 0.05) is 5.54 Å². The molecule has 4 nitrogen and oxygen atoms in total. The first-order chi connectivity index (χ1) is 7.07. The molecule has 80 valence electrons. The van der Waals surface area contributed by atoms with E-state index in [0.29, 0.717) is 11.3 Å². The van der Waals surface area contributed by atoms with Crippen LogP contribution in [-0.4, -0.2) is 18.2 Å². The van der Waals surface area contributed by atoms with Crippen molar-refractivity contribution in [1.82, 2.24) is 0 Å². The van der Waals surface area contributed by atoms with Crippen LogP contribution in [0.25, 0.3) is 0 Å². The van der Waals surface area contributed by atoms with Crippen molar-refractivity contribution < 1.29 is 14.6 Å². The molecule has 0 bridgehead atoms. The van der Waals surface area contributed by atoms with E-state index in [1.54, 1.807) is 12.1 Å². The lowest BCUT2D eigenvalue weighted by molar-refractivity contribution is 0.0694. The molecule has 0 atom stereocenters. The Hall–Kier alpha value is -1.55. The molecule has 0 heterocycles. The molecule has 1 aromatic carbocycles. The summed E-state index contributed by atoms with van der Waals surface area (Å²) in [7, 11) is 1.51. The topological polar surface area (TPSA) is 72.5 Å². The number of rotatable bonds is 3. The molecule has 0 spiro atoms. The van der Waals surface area contributed by atoms with Crippen LogP contribution < -0.4 is 10.5 Å². The van der Waals surface area contributed by atoms with Gasteiger partial charge >= 0.3 is 5.97 Å². The van der Waals surface area contributed by atoms with E-state index in [-0.39, 0.29) is 5.56 Å². The maximum absolute atomic E-state index is 11.1. The highest BCUT2D eigenvalue weighted by atomic mass is 16.5. The summed E-state index contributed by atoms with van der Waals surface area (Å²) in [5.74, 6) is -0.416. The minimum Gasteiger partial charge on any atom is -0.497 e. The Morgan fingerprint density at radius 2 is 2.20 bits per heavy atom. The summed E-state index contributed by atoms with van der Waals surface area (Å²) in [6.07, 6.45) is 1.69. The van der Waals surface area contributed by atoms with Crippen LogP contribution in [0, 0.1) is 0 Å². The summed E-state index contributed by atoms with van der Waals surface area (Å²) >= 11 is 0. The van der Waals surface area contributed by atoms with Crippen molar-refractivity contribution >= 4 is 5.97 Å². The van der Waals surface area contributed by atoms with Crippen molar-refractivity contribution in [2.45, 2.75) is 18.4 Å². The normalized spacial score (nSPS) is 17.2. The van der Waals surface area contributed by atoms with Gasteiger partial charge in [-0.25, -0.2) is 4.79 Å². The van der Waals surface area contributed by atoms with Crippen molar-refractivity contribution in [2.24, 2.45) is 5.73 Å². The molecule has 0 amide bonds. The third kappa shape index (κ3) is 1.68. The van der Waals surface area contributed by atoms with Crippen LogP contribution in [0.5, 0.6) is 5.75 Å². The number of carbonyl (C=O) groups is 1. The van der Waals surface area contributed by atoms with Crippen molar-refractivity contribution in [3.8, 4) is 5.75 Å². The molecule has 4 heteroatoms. The fourth-order valence-corrected chi connectivity index (χ4v) is 1.67. The van der Waals surface area contributed by atoms with Gasteiger partial charge in [-0.1, -0.05) is 6.07 Å². The minimum absolute atomic E-state index is 0.245. The van der Waals surface area contributed by atoms with Crippen LogP contribution >= 0.6 is 0 Å². The van der Waals surface area contributed by atoms with E-state index in [4.69, 9.17) is 15.6 Å². The predicted octanol–water partition coefficient (Wildman–Crippen LogP) is 1.34. The maximum atomic E-state index is 11.1. The molecule has 15 heavy (non-hydrogen) atoms. The van der Waals surface area contributed by atoms with E-state index in [2.05, 4.69) is 0 Å². The van der Waals surface area contributed by atoms with Crippen LogP contribution in [0.15, 0.2) is 18.2 Å². The number of hydrogen-bond donors (Lipinski definition) is 2. The number of ether oxygens (including phenoxy) is 1. The fourth-order valence-electron chi connectivity index (χ4n) is 1.67. The standard InChI is InChI=1S/C11H13NO3/c1-15-7-2-3-9(11(12)4-5-11)8(6-7)10(13)14/h2-3,6H,4-5,12H2,1H3,(H,13,14). The Kier molecular flexibility index (Phi) is 2.16. The molecule has 0 aliphatic heterocycles. The highest BCUT2D eigenvalue weighted by molar-refractivity contribution is 5.90. The third-order valence-electron chi connectivity index (χ3n) is 2.78. The monoisotopic (exact) mass is 207 g/mol. The first-order valence-corrected chi connectivity index (χ1v) is 4.77. The van der Waals surface area contributed by atoms with Crippen molar-refractivity contribution in [1.29, 1.82) is 0 Å². The van der Waals surface area contributed by atoms with Gasteiger partial charge in [0.25, 0.3) is 0 Å². The zero-order valence-electron chi connectivity index (χ0n) is 8.49. The Morgan fingerprint density at radius 1 is 1.53 bits per heavy atom. The minimum atomic E-state index is -0.958. The van der Waals surface area contributed by atoms with Crippen LogP contribution in [0.1, 0.15) is 28.8 Å². The van der Waals surface area contributed by atoms with E-state index in [1.807, 2.05) is 0 Å². The van der Waals surface area contributed by atoms with Gasteiger partial charge in [0.1, 0.15) is 5.75 Å². The molecule has 3 N–H and O–H groups in total. The van der Waals surface area contributed by atoms with Gasteiger partial charge in [-0.3, -0.25) is 0 Å². The summed E-state index contributed by atoms with van der Waals surface area (Å²) in [5.41, 5.74) is 6.51. The van der Waals surface area contributed by atoms with E-state index in [9.17, 15) is 4.79 Å². The number of aromatic carboxylic acids is 1. The zero-order chi connectivity index (χ0) is 11.1. The van der Waals surface area contributed by atoms with Gasteiger partial charge in [-0.05, 0) is 30.5 Å². The summed E-state index contributed by atoms with van der Waals surface area (Å²) in [6, 6.07) is 5.01. The number of benzene rings is 1. The second-order valence-corrected chi connectivity index (χ2v) is 3.87. The van der Waals surface area contributed by atoms with Gasteiger partial charge in [-0.15, -0.1) is 0 Å². The molecule has 1 aromatic rings. The summed E-state index contributed by atoms with van der Waals surface area (Å²) in [6.45, 7) is 0. The van der Waals surface area contributed by atoms with E-state index >= 15 is 0 Å². The van der Waals surface area contributed by atoms with Gasteiger partial charge in [0.15, 0.2) is 0 Å². The third-order valence-corrected chi connectivity index (χ3v) is 2.78. The van der Waals surface area contributed by atoms with Gasteiger partial charge < -0.3 is 15.6 Å². The molecule has 1 saturated carbocycles. The van der Waals surface area contributed by atoms with Crippen LogP contribution in [-0.2, 0) is 5.54 Å². The van der Waals surface area contributed by atoms with Crippen LogP contribution in [0.3, 0.4) is 0 Å². The highest BCUT2D eigenvalue weighted by Gasteiger charge is 2.42. The van der Waals surface area contributed by atoms with E-state index < -0.39 is 11.5 Å². The van der Waals surface area contributed by atoms with Crippen LogP contribution in [0.2, 0.25) is 0 Å². The number of nitrogens with two attached hydrogens (primary N) is 1. The zero-order valence-corrected chi connectivity index (χ0v) is 8.49. The molecule has 2 rings (SSSR count). The number of methoxy groups -OCH3 is 1. The number of carboxylic acid groups (broad SMARTS) is 1. The lowest BCUT2D eigenvalue weighted by Gasteiger charge is -2.13. The summed E-state index contributed by atoms with van der Waals surface area (Å²) in [5, 5.41) is 9.07. The van der Waals surface area contributed by atoms with Gasteiger partial charge in [-0.2, -0.15) is 0 Å². The Bertz CT molecular complexity index is 410. The number of carboxylic acids is 1. The van der Waals surface area contributed by atoms with Crippen molar-refractivity contribution in [3.63, 3.8) is 0 Å². The predicted molar refractivity (Wildman–Crippen MR) is 55.1 cm³/mol. The first-order valence-electron chi connectivity index (χ1n) is 4.77. The molecular formula is C11H13NO3. The molecule has 0 unspecified atom stereocenters. The average molecular weight is 207 g/mol. The molecular weight excluding hydrogens is 194 g/mol. The maximum Gasteiger partial charge on any atom is 0.336 e. The smallest absolute Gasteiger partial charge is 0.336 e. The van der Waals surface area contributed by atoms with Gasteiger partial charge in [0.2, 0.25) is 0 Å². The lowest BCUT2D eigenvalue weighted by atomic mass is 9.99. The second-order valence-electron chi connectivity index (χ2n) is 3.87. The largest absolute Gasteiger partial charge is 0.497 e. The SMILES string of the molecule is COc1ccc(C2(N)CC2)c(C(=O)O)c1. The second kappa shape index (κ2) is 3.24. The van der Waals surface area contributed by atoms with E-state index in [1.165, 1.54) is 13.2 Å². The summed E-state index contributed by atoms with van der Waals surface area (Å²) in [4.78, 5) is 11.1. The average Bonchev–Trinajstić information content (AvgIpc) is 2.96. The molecule has 1 fully saturated rings. The molecule has 1 aliphatic carbocycles. The van der Waals surface area contributed by atoms with Crippen LogP contribution in [0.4, 0.5) is 0 Å². The summed E-state index contributed by atoms with van der Waals surface area (Å²) < 4.78 is 4.99. The lowest BCUT2D eigenvalue weighted by Crippen LogP contribution is -2.22. The Labute approximate surface area is 87.7 Å². The molecule has 0 aromatic heterocycles. The highest BCUT2D eigenvalue weighted by Crippen LogP contribution is 2.44. The Balaban J connectivity index is 2.50. The van der Waals surface area contributed by atoms with Crippen molar-refractivity contribution in [3.05, 3.63) is 29.3 Å². The number of hydrogen-bond acceptors (Lipinski definition) is 3. The fraction of sp³-hybridized carbons (Fsp3) is 0.364. The molecule has 1 aliphatic rings. The van der Waals surface area contributed by atoms with Crippen molar-refractivity contribution in [2.75, 3.05) is 7.11 Å². The van der Waals surface area contributed by atoms with Gasteiger partial charge in [0.05, 0.1) is 12.7 Å². The quantitative estimate of drug-likeness (QED) is 0.784. The Morgan fingerprint density at radius 3 is 2.67 bits per heavy atom.